The first-order valence-electron chi connectivity index (χ1n) is 6.37. The molecule has 0 aromatic heterocycles. The van der Waals surface area contributed by atoms with Gasteiger partial charge in [0.05, 0.1) is 12.9 Å². The molecule has 0 saturated carbocycles. The molecule has 7 heteroatoms. The molecule has 3 N–H and O–H groups in total. The fourth-order valence-corrected chi connectivity index (χ4v) is 2.29. The number of carbonyl (C=O) groups is 2. The van der Waals surface area contributed by atoms with Gasteiger partial charge in [-0.2, -0.15) is 0 Å². The van der Waals surface area contributed by atoms with Crippen molar-refractivity contribution in [2.24, 2.45) is 5.73 Å². The lowest BCUT2D eigenvalue weighted by molar-refractivity contribution is -0.141. The second kappa shape index (κ2) is 8.63. The summed E-state index contributed by atoms with van der Waals surface area (Å²) in [7, 11) is 1.26. The van der Waals surface area contributed by atoms with Gasteiger partial charge in [0.25, 0.3) is 0 Å². The zero-order valence-corrected chi connectivity index (χ0v) is 12.8. The van der Waals surface area contributed by atoms with Gasteiger partial charge in [-0.05, 0) is 24.1 Å². The van der Waals surface area contributed by atoms with Crippen molar-refractivity contribution in [1.82, 2.24) is 5.32 Å². The molecule has 0 bridgehead atoms. The molecule has 0 heterocycles. The molecule has 1 rings (SSSR count). The summed E-state index contributed by atoms with van der Waals surface area (Å²) in [5.41, 5.74) is 6.81. The van der Waals surface area contributed by atoms with Gasteiger partial charge in [-0.3, -0.25) is 9.59 Å². The molecule has 0 aliphatic heterocycles. The molecular formula is C14H19FN2O3S. The number of amides is 1. The number of nitrogens with one attached hydrogen (secondary N) is 1. The second-order valence-corrected chi connectivity index (χ2v) is 5.54. The zero-order valence-electron chi connectivity index (χ0n) is 12.0. The first-order chi connectivity index (χ1) is 9.93. The second-order valence-electron chi connectivity index (χ2n) is 4.51. The van der Waals surface area contributed by atoms with Gasteiger partial charge in [-0.1, -0.05) is 12.1 Å². The Labute approximate surface area is 127 Å². The quantitative estimate of drug-likeness (QED) is 0.733. The smallest absolute Gasteiger partial charge is 0.323 e. The Hall–Kier alpha value is -1.60. The largest absolute Gasteiger partial charge is 0.468 e. The normalized spacial score (nSPS) is 11.8. The van der Waals surface area contributed by atoms with Gasteiger partial charge >= 0.3 is 5.97 Å². The molecule has 0 aliphatic rings. The molecule has 0 saturated heterocycles. The maximum atomic E-state index is 13.3. The minimum atomic E-state index is -0.737. The van der Waals surface area contributed by atoms with E-state index in [1.165, 1.54) is 24.9 Å². The van der Waals surface area contributed by atoms with Crippen molar-refractivity contribution in [3.05, 3.63) is 35.1 Å². The van der Waals surface area contributed by atoms with E-state index in [-0.39, 0.29) is 24.0 Å². The Morgan fingerprint density at radius 1 is 1.48 bits per heavy atom. The molecule has 1 aromatic carbocycles. The van der Waals surface area contributed by atoms with Gasteiger partial charge in [0.15, 0.2) is 0 Å². The Morgan fingerprint density at radius 2 is 2.19 bits per heavy atom. The van der Waals surface area contributed by atoms with Crippen molar-refractivity contribution in [2.75, 3.05) is 18.6 Å². The van der Waals surface area contributed by atoms with E-state index in [9.17, 15) is 14.0 Å². The third kappa shape index (κ3) is 6.14. The number of aryl methyl sites for hydroxylation is 1. The molecule has 0 aliphatic carbocycles. The molecule has 0 radical (unpaired) electrons. The molecule has 1 unspecified atom stereocenters. The highest BCUT2D eigenvalue weighted by Crippen LogP contribution is 2.09. The van der Waals surface area contributed by atoms with Crippen LogP contribution in [-0.2, 0) is 20.9 Å². The summed E-state index contributed by atoms with van der Waals surface area (Å²) >= 11 is 1.24. The van der Waals surface area contributed by atoms with Crippen LogP contribution in [0.2, 0.25) is 0 Å². The van der Waals surface area contributed by atoms with Crippen LogP contribution in [-0.4, -0.2) is 36.5 Å². The maximum absolute atomic E-state index is 13.3. The summed E-state index contributed by atoms with van der Waals surface area (Å²) in [5.74, 6) is -0.505. The Kier molecular flexibility index (Phi) is 7.18. The summed E-state index contributed by atoms with van der Waals surface area (Å²) < 4.78 is 17.8. The number of hydrogen-bond donors (Lipinski definition) is 2. The van der Waals surface area contributed by atoms with E-state index in [4.69, 9.17) is 5.73 Å². The number of methoxy groups -OCH3 is 1. The minimum Gasteiger partial charge on any atom is -0.468 e. The van der Waals surface area contributed by atoms with Crippen LogP contribution in [0.15, 0.2) is 18.2 Å². The summed E-state index contributed by atoms with van der Waals surface area (Å²) in [6, 6.07) is 4.09. The number of ether oxygens (including phenoxy) is 1. The predicted molar refractivity (Wildman–Crippen MR) is 80.3 cm³/mol. The van der Waals surface area contributed by atoms with Gasteiger partial charge in [0.2, 0.25) is 5.91 Å². The first kappa shape index (κ1) is 17.5. The maximum Gasteiger partial charge on any atom is 0.323 e. The molecule has 5 nitrogen and oxygen atoms in total. The van der Waals surface area contributed by atoms with Crippen molar-refractivity contribution in [2.45, 2.75) is 19.5 Å². The van der Waals surface area contributed by atoms with Crippen LogP contribution in [0.25, 0.3) is 0 Å². The molecule has 1 amide bonds. The van der Waals surface area contributed by atoms with Crippen LogP contribution in [0, 0.1) is 12.7 Å². The Bertz CT molecular complexity index is 511. The number of thioether (sulfide) groups is 1. The fourth-order valence-electron chi connectivity index (χ4n) is 1.50. The van der Waals surface area contributed by atoms with E-state index in [0.717, 1.165) is 0 Å². The van der Waals surface area contributed by atoms with Crippen molar-refractivity contribution in [3.8, 4) is 0 Å². The van der Waals surface area contributed by atoms with E-state index in [2.05, 4.69) is 10.1 Å². The Morgan fingerprint density at radius 3 is 2.81 bits per heavy atom. The average molecular weight is 314 g/mol. The highest BCUT2D eigenvalue weighted by molar-refractivity contribution is 8.00. The molecule has 1 atom stereocenters. The number of nitrogens with two attached hydrogens (primary N) is 1. The molecule has 116 valence electrons. The lowest BCUT2D eigenvalue weighted by atomic mass is 10.1. The monoisotopic (exact) mass is 314 g/mol. The van der Waals surface area contributed by atoms with Gasteiger partial charge in [-0.15, -0.1) is 11.8 Å². The topological polar surface area (TPSA) is 81.4 Å². The summed E-state index contributed by atoms with van der Waals surface area (Å²) in [5, 5.41) is 2.68. The van der Waals surface area contributed by atoms with Crippen LogP contribution in [0.1, 0.15) is 11.1 Å². The van der Waals surface area contributed by atoms with Crippen LogP contribution in [0.4, 0.5) is 4.39 Å². The van der Waals surface area contributed by atoms with Crippen molar-refractivity contribution < 1.29 is 18.7 Å². The van der Waals surface area contributed by atoms with E-state index in [1.807, 2.05) is 0 Å². The number of rotatable bonds is 7. The third-order valence-corrected chi connectivity index (χ3v) is 3.82. The number of halogens is 1. The number of carbonyl (C=O) groups excluding carboxylic acids is 2. The highest BCUT2D eigenvalue weighted by atomic mass is 32.2. The van der Waals surface area contributed by atoms with E-state index < -0.39 is 12.0 Å². The van der Waals surface area contributed by atoms with E-state index in [1.54, 1.807) is 19.1 Å². The van der Waals surface area contributed by atoms with Crippen molar-refractivity contribution in [1.29, 1.82) is 0 Å². The molecule has 21 heavy (non-hydrogen) atoms. The third-order valence-electron chi connectivity index (χ3n) is 2.76. The molecular weight excluding hydrogens is 295 g/mol. The van der Waals surface area contributed by atoms with Crippen LogP contribution >= 0.6 is 11.8 Å². The molecule has 0 fully saturated rings. The minimum absolute atomic E-state index is 0.180. The lowest BCUT2D eigenvalue weighted by Gasteiger charge is -2.09. The van der Waals surface area contributed by atoms with Gasteiger partial charge in [0.1, 0.15) is 11.9 Å². The number of esters is 1. The van der Waals surface area contributed by atoms with Crippen molar-refractivity contribution in [3.63, 3.8) is 0 Å². The highest BCUT2D eigenvalue weighted by Gasteiger charge is 2.14. The molecule has 1 aromatic rings. The van der Waals surface area contributed by atoms with Crippen LogP contribution in [0.3, 0.4) is 0 Å². The van der Waals surface area contributed by atoms with Crippen molar-refractivity contribution >= 4 is 23.6 Å². The SMILES string of the molecule is COC(=O)C(N)CSCC(=O)NCc1ccc(C)c(F)c1. The summed E-state index contributed by atoms with van der Waals surface area (Å²) in [4.78, 5) is 22.7. The summed E-state index contributed by atoms with van der Waals surface area (Å²) in [6.07, 6.45) is 0. The van der Waals surface area contributed by atoms with E-state index in [0.29, 0.717) is 16.9 Å². The number of benzene rings is 1. The Balaban J connectivity index is 2.28. The van der Waals surface area contributed by atoms with Crippen LogP contribution in [0.5, 0.6) is 0 Å². The summed E-state index contributed by atoms with van der Waals surface area (Å²) in [6.45, 7) is 1.94. The zero-order chi connectivity index (χ0) is 15.8. The first-order valence-corrected chi connectivity index (χ1v) is 7.52. The standard InChI is InChI=1S/C14H19FN2O3S/c1-9-3-4-10(5-11(9)15)6-17-13(18)8-21-7-12(16)14(19)20-2/h3-5,12H,6-8,16H2,1-2H3,(H,17,18). The van der Waals surface area contributed by atoms with Gasteiger partial charge in [-0.25, -0.2) is 4.39 Å². The number of hydrogen-bond acceptors (Lipinski definition) is 5. The fraction of sp³-hybridized carbons (Fsp3) is 0.429. The predicted octanol–water partition coefficient (Wildman–Crippen LogP) is 0.984. The lowest BCUT2D eigenvalue weighted by Crippen LogP contribution is -2.34. The van der Waals surface area contributed by atoms with Gasteiger partial charge < -0.3 is 15.8 Å². The van der Waals surface area contributed by atoms with E-state index >= 15 is 0 Å². The molecule has 0 spiro atoms. The van der Waals surface area contributed by atoms with Gasteiger partial charge in [0, 0.05) is 12.3 Å². The van der Waals surface area contributed by atoms with Crippen LogP contribution < -0.4 is 11.1 Å². The average Bonchev–Trinajstić information content (AvgIpc) is 2.47.